The zero-order chi connectivity index (χ0) is 10.2. The number of hydrogen-bond acceptors (Lipinski definition) is 3. The maximum Gasteiger partial charge on any atom is 0.231 e. The van der Waals surface area contributed by atoms with Crippen LogP contribution < -0.4 is 15.2 Å². The number of rotatable bonds is 2. The van der Waals surface area contributed by atoms with Crippen molar-refractivity contribution in [2.45, 2.75) is 19.8 Å². The Kier molecular flexibility index (Phi) is 4.86. The van der Waals surface area contributed by atoms with E-state index in [1.54, 1.807) is 0 Å². The summed E-state index contributed by atoms with van der Waals surface area (Å²) < 4.78 is 10.2. The van der Waals surface area contributed by atoms with Gasteiger partial charge in [0.2, 0.25) is 6.79 Å². The van der Waals surface area contributed by atoms with Crippen LogP contribution in [0.2, 0.25) is 0 Å². The summed E-state index contributed by atoms with van der Waals surface area (Å²) in [5.41, 5.74) is 5.14. The summed E-state index contributed by atoms with van der Waals surface area (Å²) in [5, 5.41) is 0. The smallest absolute Gasteiger partial charge is 0.231 e. The van der Waals surface area contributed by atoms with Gasteiger partial charge in [-0.15, -0.1) is 0 Å². The minimum Gasteiger partial charge on any atom is -0.454 e. The van der Waals surface area contributed by atoms with Gasteiger partial charge >= 0.3 is 0 Å². The Morgan fingerprint density at radius 3 is 2.14 bits per heavy atom. The minimum absolute atomic E-state index is 0.360. The van der Waals surface area contributed by atoms with Gasteiger partial charge in [-0.05, 0) is 25.1 Å². The summed E-state index contributed by atoms with van der Waals surface area (Å²) in [6, 6.07) is 7.63. The highest BCUT2D eigenvalue weighted by atomic mass is 16.7. The van der Waals surface area contributed by atoms with E-state index >= 15 is 0 Å². The van der Waals surface area contributed by atoms with Gasteiger partial charge in [0.25, 0.3) is 0 Å². The third-order valence-electron chi connectivity index (χ3n) is 1.84. The topological polar surface area (TPSA) is 44.5 Å². The lowest BCUT2D eigenvalue weighted by Crippen LogP contribution is -1.95. The largest absolute Gasteiger partial charge is 0.454 e. The van der Waals surface area contributed by atoms with Gasteiger partial charge in [-0.25, -0.2) is 0 Å². The Bertz CT molecular complexity index is 238. The van der Waals surface area contributed by atoms with Crippen LogP contribution >= 0.6 is 0 Å². The van der Waals surface area contributed by atoms with E-state index in [1.807, 2.05) is 24.3 Å². The number of fused-ring (bicyclic) bond motifs is 1. The number of hydrogen-bond donors (Lipinski definition) is 1. The summed E-state index contributed by atoms with van der Waals surface area (Å²) in [5.74, 6) is 1.69. The Balaban J connectivity index is 0.000000171. The molecule has 1 aliphatic heterocycles. The predicted octanol–water partition coefficient (Wildman–Crippen LogP) is 2.16. The molecular weight excluding hydrogens is 178 g/mol. The lowest BCUT2D eigenvalue weighted by molar-refractivity contribution is 0.174. The number of para-hydroxylation sites is 2. The van der Waals surface area contributed by atoms with Crippen LogP contribution in [-0.2, 0) is 0 Å². The molecule has 1 aromatic rings. The van der Waals surface area contributed by atoms with Crippen LogP contribution in [0.15, 0.2) is 24.3 Å². The second kappa shape index (κ2) is 6.27. The Labute approximate surface area is 84.8 Å². The maximum absolute atomic E-state index is 5.14. The van der Waals surface area contributed by atoms with Crippen molar-refractivity contribution in [1.82, 2.24) is 0 Å². The Morgan fingerprint density at radius 1 is 1.21 bits per heavy atom. The molecule has 0 fully saturated rings. The summed E-state index contributed by atoms with van der Waals surface area (Å²) >= 11 is 0. The number of unbranched alkanes of at least 4 members (excludes halogenated alkanes) is 1. The van der Waals surface area contributed by atoms with Gasteiger partial charge in [-0.3, -0.25) is 0 Å². The van der Waals surface area contributed by atoms with E-state index in [0.717, 1.165) is 18.0 Å². The number of ether oxygens (including phenoxy) is 2. The van der Waals surface area contributed by atoms with Crippen molar-refractivity contribution in [3.63, 3.8) is 0 Å². The Hall–Kier alpha value is -1.22. The predicted molar refractivity (Wildman–Crippen MR) is 56.5 cm³/mol. The van der Waals surface area contributed by atoms with Gasteiger partial charge in [0, 0.05) is 0 Å². The average molecular weight is 195 g/mol. The fourth-order valence-electron chi connectivity index (χ4n) is 1.05. The first-order chi connectivity index (χ1) is 6.88. The molecule has 14 heavy (non-hydrogen) atoms. The second-order valence-corrected chi connectivity index (χ2v) is 3.00. The molecule has 0 amide bonds. The van der Waals surface area contributed by atoms with Crippen LogP contribution in [0.25, 0.3) is 0 Å². The number of benzene rings is 1. The first-order valence-electron chi connectivity index (χ1n) is 4.93. The van der Waals surface area contributed by atoms with Crippen molar-refractivity contribution in [3.05, 3.63) is 24.3 Å². The van der Waals surface area contributed by atoms with Gasteiger partial charge in [0.1, 0.15) is 0 Å². The molecule has 0 radical (unpaired) electrons. The van der Waals surface area contributed by atoms with E-state index in [9.17, 15) is 0 Å². The third-order valence-corrected chi connectivity index (χ3v) is 1.84. The molecule has 2 N–H and O–H groups in total. The highest BCUT2D eigenvalue weighted by Gasteiger charge is 2.09. The van der Waals surface area contributed by atoms with Crippen LogP contribution in [0.3, 0.4) is 0 Å². The lowest BCUT2D eigenvalue weighted by atomic mass is 10.3. The third kappa shape index (κ3) is 3.26. The average Bonchev–Trinajstić information content (AvgIpc) is 2.67. The molecule has 0 spiro atoms. The monoisotopic (exact) mass is 195 g/mol. The summed E-state index contributed by atoms with van der Waals surface area (Å²) in [6.45, 7) is 3.34. The summed E-state index contributed by atoms with van der Waals surface area (Å²) in [6.07, 6.45) is 2.39. The highest BCUT2D eigenvalue weighted by Crippen LogP contribution is 2.30. The molecule has 78 valence electrons. The first kappa shape index (κ1) is 10.9. The van der Waals surface area contributed by atoms with Crippen LogP contribution in [0.1, 0.15) is 19.8 Å². The zero-order valence-corrected chi connectivity index (χ0v) is 8.53. The van der Waals surface area contributed by atoms with E-state index in [2.05, 4.69) is 6.92 Å². The van der Waals surface area contributed by atoms with Gasteiger partial charge in [0.05, 0.1) is 0 Å². The van der Waals surface area contributed by atoms with Crippen molar-refractivity contribution >= 4 is 0 Å². The molecule has 0 aliphatic carbocycles. The van der Waals surface area contributed by atoms with E-state index in [0.29, 0.717) is 6.79 Å². The van der Waals surface area contributed by atoms with Crippen LogP contribution in [0, 0.1) is 0 Å². The standard InChI is InChI=1S/C7H6O2.C4H11N/c1-2-4-7-6(3-1)8-5-9-7;1-2-3-4-5/h1-4H,5H2;2-5H2,1H3. The van der Waals surface area contributed by atoms with Gasteiger partial charge in [-0.1, -0.05) is 25.5 Å². The van der Waals surface area contributed by atoms with Crippen molar-refractivity contribution in [1.29, 1.82) is 0 Å². The van der Waals surface area contributed by atoms with E-state index < -0.39 is 0 Å². The second-order valence-electron chi connectivity index (χ2n) is 3.00. The molecule has 0 aromatic heterocycles. The van der Waals surface area contributed by atoms with Crippen LogP contribution in [0.4, 0.5) is 0 Å². The lowest BCUT2D eigenvalue weighted by Gasteiger charge is -1.89. The molecular formula is C11H17NO2. The zero-order valence-electron chi connectivity index (χ0n) is 8.53. The van der Waals surface area contributed by atoms with Gasteiger partial charge in [-0.2, -0.15) is 0 Å². The molecule has 0 saturated carbocycles. The van der Waals surface area contributed by atoms with Crippen molar-refractivity contribution in [2.24, 2.45) is 5.73 Å². The quantitative estimate of drug-likeness (QED) is 0.786. The molecule has 3 heteroatoms. The molecule has 1 aliphatic rings. The van der Waals surface area contributed by atoms with Crippen molar-refractivity contribution in [2.75, 3.05) is 13.3 Å². The van der Waals surface area contributed by atoms with Crippen LogP contribution in [0.5, 0.6) is 11.5 Å². The molecule has 1 heterocycles. The van der Waals surface area contributed by atoms with Gasteiger partial charge < -0.3 is 15.2 Å². The summed E-state index contributed by atoms with van der Waals surface area (Å²) in [4.78, 5) is 0. The molecule has 0 unspecified atom stereocenters. The molecule has 0 atom stereocenters. The van der Waals surface area contributed by atoms with Crippen molar-refractivity contribution < 1.29 is 9.47 Å². The maximum atomic E-state index is 5.14. The van der Waals surface area contributed by atoms with E-state index in [1.165, 1.54) is 12.8 Å². The van der Waals surface area contributed by atoms with Crippen molar-refractivity contribution in [3.8, 4) is 11.5 Å². The Morgan fingerprint density at radius 2 is 1.79 bits per heavy atom. The van der Waals surface area contributed by atoms with Crippen LogP contribution in [-0.4, -0.2) is 13.3 Å². The normalized spacial score (nSPS) is 11.9. The fourth-order valence-corrected chi connectivity index (χ4v) is 1.05. The molecule has 0 saturated heterocycles. The molecule has 3 nitrogen and oxygen atoms in total. The fraction of sp³-hybridized carbons (Fsp3) is 0.455. The molecule has 0 bridgehead atoms. The minimum atomic E-state index is 0.360. The van der Waals surface area contributed by atoms with E-state index in [-0.39, 0.29) is 0 Å². The highest BCUT2D eigenvalue weighted by molar-refractivity contribution is 5.40. The van der Waals surface area contributed by atoms with E-state index in [4.69, 9.17) is 15.2 Å². The molecule has 2 rings (SSSR count). The summed E-state index contributed by atoms with van der Waals surface area (Å²) in [7, 11) is 0. The molecule has 1 aromatic carbocycles. The number of nitrogens with two attached hydrogens (primary N) is 1. The first-order valence-corrected chi connectivity index (χ1v) is 4.93. The van der Waals surface area contributed by atoms with Gasteiger partial charge in [0.15, 0.2) is 11.5 Å². The SMILES string of the molecule is CCCCN.c1ccc2c(c1)OCO2.